The van der Waals surface area contributed by atoms with Gasteiger partial charge in [0.15, 0.2) is 0 Å². The fourth-order valence-electron chi connectivity index (χ4n) is 0.848. The summed E-state index contributed by atoms with van der Waals surface area (Å²) in [5, 5.41) is 8.30. The summed E-state index contributed by atoms with van der Waals surface area (Å²) in [5.41, 5.74) is -1.82. The first-order valence-corrected chi connectivity index (χ1v) is 3.22. The van der Waals surface area contributed by atoms with Gasteiger partial charge in [0.25, 0.3) is 0 Å². The summed E-state index contributed by atoms with van der Waals surface area (Å²) in [5.74, 6) is -1.01. The van der Waals surface area contributed by atoms with Gasteiger partial charge in [-0.15, -0.1) is 0 Å². The molecule has 1 rings (SSSR count). The first-order chi connectivity index (χ1) is 5.95. The number of halogens is 4. The Bertz CT molecular complexity index is 361. The molecule has 0 spiro atoms. The minimum atomic E-state index is -4.69. The van der Waals surface area contributed by atoms with Gasteiger partial charge in [-0.1, -0.05) is 0 Å². The van der Waals surface area contributed by atoms with E-state index in [1.807, 2.05) is 0 Å². The lowest BCUT2D eigenvalue weighted by molar-refractivity contribution is -0.138. The quantitative estimate of drug-likeness (QED) is 0.351. The fourth-order valence-corrected chi connectivity index (χ4v) is 0.848. The van der Waals surface area contributed by atoms with Crippen molar-refractivity contribution >= 4 is 0 Å². The molecule has 0 aliphatic carbocycles. The summed E-state index contributed by atoms with van der Waals surface area (Å²) in [4.78, 5) is 0. The first kappa shape index (κ1) is 9.52. The van der Waals surface area contributed by atoms with Crippen molar-refractivity contribution in [1.29, 1.82) is 5.26 Å². The van der Waals surface area contributed by atoms with Crippen LogP contribution in [0.15, 0.2) is 18.2 Å². The van der Waals surface area contributed by atoms with Gasteiger partial charge in [0.1, 0.15) is 5.82 Å². The maximum absolute atomic E-state index is 12.4. The fraction of sp³-hybridized carbons (Fsp3) is 0.125. The number of nitrogens with zero attached hydrogens (tertiary/aromatic N) is 1. The molecule has 1 aromatic rings. The molecule has 5 heteroatoms. The highest BCUT2D eigenvalue weighted by Crippen LogP contribution is 2.31. The molecule has 1 nitrogen and oxygen atoms in total. The van der Waals surface area contributed by atoms with Crippen LogP contribution >= 0.6 is 0 Å². The maximum atomic E-state index is 12.4. The molecule has 1 aromatic carbocycles. The standard InChI is InChI=1S/C8H3F4N/c9-6-2-1-5(4-13)7(3-6)8(10,11)12/h1-3H/i4+1,13+1. The first-order valence-electron chi connectivity index (χ1n) is 3.22. The van der Waals surface area contributed by atoms with Gasteiger partial charge in [-0.2, -0.15) is 18.4 Å². The van der Waals surface area contributed by atoms with E-state index in [0.717, 1.165) is 12.1 Å². The van der Waals surface area contributed by atoms with Crippen LogP contribution in [-0.2, 0) is 6.18 Å². The van der Waals surface area contributed by atoms with Gasteiger partial charge in [0.2, 0.25) is 0 Å². The molecule has 13 heavy (non-hydrogen) atoms. The average Bonchev–Trinajstić information content (AvgIpc) is 2.03. The SMILES string of the molecule is [15N]#[13C]c1ccc(F)cc1C(F)(F)F. The molecule has 68 valence electrons. The Balaban J connectivity index is 3.35. The Hall–Kier alpha value is -1.57. The van der Waals surface area contributed by atoms with E-state index in [4.69, 9.17) is 5.26 Å². The largest absolute Gasteiger partial charge is 0.417 e. The lowest BCUT2D eigenvalue weighted by Crippen LogP contribution is -2.08. The number of hydrogen-bond acceptors (Lipinski definition) is 1. The van der Waals surface area contributed by atoms with Crippen molar-refractivity contribution in [3.05, 3.63) is 35.1 Å². The molecule has 0 N–H and O–H groups in total. The molecule has 0 unspecified atom stereocenters. The Morgan fingerprint density at radius 3 is 2.31 bits per heavy atom. The van der Waals surface area contributed by atoms with Gasteiger partial charge in [-0.25, -0.2) is 4.39 Å². The lowest BCUT2D eigenvalue weighted by atomic mass is 10.1. The van der Waals surface area contributed by atoms with Crippen LogP contribution in [0.5, 0.6) is 0 Å². The number of nitriles is 1. The van der Waals surface area contributed by atoms with E-state index in [9.17, 15) is 17.6 Å². The third kappa shape index (κ3) is 1.96. The van der Waals surface area contributed by atoms with E-state index in [1.165, 1.54) is 6.07 Å². The van der Waals surface area contributed by atoms with Gasteiger partial charge >= 0.3 is 6.18 Å². The minimum Gasteiger partial charge on any atom is -0.207 e. The molecule has 0 heterocycles. The van der Waals surface area contributed by atoms with Crippen molar-refractivity contribution in [2.24, 2.45) is 0 Å². The lowest BCUT2D eigenvalue weighted by Gasteiger charge is -2.07. The highest BCUT2D eigenvalue weighted by Gasteiger charge is 2.33. The molecule has 0 bridgehead atoms. The van der Waals surface area contributed by atoms with Crippen molar-refractivity contribution in [2.75, 3.05) is 0 Å². The van der Waals surface area contributed by atoms with E-state index in [0.29, 0.717) is 6.07 Å². The second kappa shape index (κ2) is 3.05. The number of rotatable bonds is 0. The average molecular weight is 191 g/mol. The summed E-state index contributed by atoms with van der Waals surface area (Å²) >= 11 is 0. The zero-order chi connectivity index (χ0) is 10.1. The molecular formula is C8H3F4N. The van der Waals surface area contributed by atoms with Crippen molar-refractivity contribution in [3.8, 4) is 6.07 Å². The Labute approximate surface area is 71.2 Å². The van der Waals surface area contributed by atoms with Crippen LogP contribution in [-0.4, -0.2) is 0 Å². The van der Waals surface area contributed by atoms with Crippen molar-refractivity contribution in [3.63, 3.8) is 0 Å². The highest BCUT2D eigenvalue weighted by molar-refractivity contribution is 5.39. The van der Waals surface area contributed by atoms with Crippen LogP contribution in [0.2, 0.25) is 0 Å². The monoisotopic (exact) mass is 191 g/mol. The van der Waals surface area contributed by atoms with Gasteiger partial charge in [0, 0.05) is 0 Å². The van der Waals surface area contributed by atoms with Gasteiger partial charge < -0.3 is 0 Å². The van der Waals surface area contributed by atoms with Crippen LogP contribution in [0.25, 0.3) is 0 Å². The summed E-state index contributed by atoms with van der Waals surface area (Å²) in [6, 6.07) is 3.26. The molecule has 0 amide bonds. The molecule has 0 aliphatic rings. The summed E-state index contributed by atoms with van der Waals surface area (Å²) in [7, 11) is 0. The van der Waals surface area contributed by atoms with E-state index in [2.05, 4.69) is 0 Å². The molecule has 0 saturated carbocycles. The molecular weight excluding hydrogens is 188 g/mol. The van der Waals surface area contributed by atoms with Crippen LogP contribution in [0, 0.1) is 17.1 Å². The van der Waals surface area contributed by atoms with Crippen LogP contribution in [0.4, 0.5) is 17.6 Å². The normalized spacial score (nSPS) is 11.0. The van der Waals surface area contributed by atoms with E-state index in [-0.39, 0.29) is 0 Å². The van der Waals surface area contributed by atoms with E-state index in [1.54, 1.807) is 0 Å². The van der Waals surface area contributed by atoms with Crippen molar-refractivity contribution in [2.45, 2.75) is 6.18 Å². The molecule has 0 aliphatic heterocycles. The second-order valence-electron chi connectivity index (χ2n) is 2.30. The van der Waals surface area contributed by atoms with Crippen LogP contribution in [0.3, 0.4) is 0 Å². The second-order valence-corrected chi connectivity index (χ2v) is 2.30. The molecule has 0 radical (unpaired) electrons. The van der Waals surface area contributed by atoms with Gasteiger partial charge in [0.05, 0.1) is 17.2 Å². The summed E-state index contributed by atoms with van der Waals surface area (Å²) in [6.45, 7) is 0. The van der Waals surface area contributed by atoms with Crippen LogP contribution in [0.1, 0.15) is 11.1 Å². The maximum Gasteiger partial charge on any atom is 0.417 e. The predicted octanol–water partition coefficient (Wildman–Crippen LogP) is 2.72. The van der Waals surface area contributed by atoms with Gasteiger partial charge in [-0.3, -0.25) is 0 Å². The zero-order valence-electron chi connectivity index (χ0n) is 6.19. The summed E-state index contributed by atoms with van der Waals surface area (Å²) in [6.07, 6.45) is -4.69. The Morgan fingerprint density at radius 2 is 1.85 bits per heavy atom. The topological polar surface area (TPSA) is 23.8 Å². The Morgan fingerprint density at radius 1 is 1.23 bits per heavy atom. The predicted molar refractivity (Wildman–Crippen MR) is 36.1 cm³/mol. The van der Waals surface area contributed by atoms with Gasteiger partial charge in [-0.05, 0) is 18.2 Å². The highest BCUT2D eigenvalue weighted by atomic mass is 19.4. The van der Waals surface area contributed by atoms with Crippen LogP contribution < -0.4 is 0 Å². The van der Waals surface area contributed by atoms with Crippen molar-refractivity contribution in [1.82, 2.24) is 0 Å². The number of hydrogen-bond donors (Lipinski definition) is 0. The molecule has 0 fully saturated rings. The molecule has 0 aromatic heterocycles. The van der Waals surface area contributed by atoms with E-state index >= 15 is 0 Å². The molecule has 0 atom stereocenters. The third-order valence-corrected chi connectivity index (χ3v) is 1.41. The third-order valence-electron chi connectivity index (χ3n) is 1.41. The number of benzene rings is 1. The smallest absolute Gasteiger partial charge is 0.207 e. The van der Waals surface area contributed by atoms with Crippen molar-refractivity contribution < 1.29 is 17.6 Å². The zero-order valence-corrected chi connectivity index (χ0v) is 6.19. The number of alkyl halides is 3. The van der Waals surface area contributed by atoms with E-state index < -0.39 is 23.1 Å². The summed E-state index contributed by atoms with van der Waals surface area (Å²) < 4.78 is 48.7. The molecule has 0 saturated heterocycles. The minimum absolute atomic E-state index is 0.304. The Kier molecular flexibility index (Phi) is 2.24.